The molecule has 1 aromatic rings. The first kappa shape index (κ1) is 23.9. The number of hydrogen-bond acceptors (Lipinski definition) is 4. The Kier molecular flexibility index (Phi) is 7.98. The second-order valence-electron chi connectivity index (χ2n) is 8.12. The van der Waals surface area contributed by atoms with Crippen LogP contribution in [0.25, 0.3) is 0 Å². The van der Waals surface area contributed by atoms with Crippen molar-refractivity contribution >= 4 is 17.8 Å². The summed E-state index contributed by atoms with van der Waals surface area (Å²) in [7, 11) is 0. The minimum Gasteiger partial charge on any atom is -0.481 e. The van der Waals surface area contributed by atoms with Crippen LogP contribution in [0.15, 0.2) is 29.3 Å². The van der Waals surface area contributed by atoms with Gasteiger partial charge in [0.15, 0.2) is 0 Å². The fraction of sp³-hybridized carbons (Fsp3) is 0.591. The number of rotatable bonds is 9. The molecule has 0 spiro atoms. The smallest absolute Gasteiger partial charge is 0.416 e. The molecule has 7 nitrogen and oxygen atoms in total. The minimum atomic E-state index is -4.54. The average molecular weight is 454 g/mol. The van der Waals surface area contributed by atoms with Crippen LogP contribution in [0.4, 0.5) is 18.0 Å². The predicted molar refractivity (Wildman–Crippen MR) is 114 cm³/mol. The van der Waals surface area contributed by atoms with Gasteiger partial charge < -0.3 is 20.2 Å². The number of carbonyl (C=O) groups excluding carboxylic acids is 1. The van der Waals surface area contributed by atoms with E-state index < -0.39 is 30.2 Å². The first-order valence-corrected chi connectivity index (χ1v) is 11.0. The highest BCUT2D eigenvalue weighted by Gasteiger charge is 2.37. The van der Waals surface area contributed by atoms with Crippen molar-refractivity contribution in [3.63, 3.8) is 0 Å². The van der Waals surface area contributed by atoms with E-state index in [0.29, 0.717) is 13.1 Å². The summed E-state index contributed by atoms with van der Waals surface area (Å²) in [6.07, 6.45) is -0.119. The van der Waals surface area contributed by atoms with Gasteiger partial charge >= 0.3 is 18.2 Å². The molecule has 0 unspecified atom stereocenters. The third kappa shape index (κ3) is 6.37. The Balaban J connectivity index is 1.57. The van der Waals surface area contributed by atoms with Crippen molar-refractivity contribution in [3.05, 3.63) is 35.4 Å². The second-order valence-corrected chi connectivity index (χ2v) is 8.12. The summed E-state index contributed by atoms with van der Waals surface area (Å²) in [6, 6.07) is 3.28. The maximum Gasteiger partial charge on any atom is 0.416 e. The molecule has 0 aliphatic carbocycles. The molecule has 0 bridgehead atoms. The molecule has 2 N–H and O–H groups in total. The Morgan fingerprint density at radius 3 is 2.72 bits per heavy atom. The first-order valence-electron chi connectivity index (χ1n) is 11.0. The standard InChI is InChI=1S/C22H29F3N4O3/c23-22(24,25)17-7-5-6-16(14-17)18(15-20(30)31)29-13-12-28(21(29)32)11-4-3-10-27-19-8-1-2-9-26-19/h5-7,14,18H,1-4,8-13,15H2,(H,26,27)(H,30,31)/t18-/m0/s1. The van der Waals surface area contributed by atoms with Crippen LogP contribution in [0.2, 0.25) is 0 Å². The lowest BCUT2D eigenvalue weighted by Crippen LogP contribution is -2.36. The number of alkyl halides is 3. The number of amidine groups is 1. The van der Waals surface area contributed by atoms with Gasteiger partial charge in [-0.15, -0.1) is 0 Å². The number of hydrogen-bond donors (Lipinski definition) is 2. The van der Waals surface area contributed by atoms with Gasteiger partial charge in [-0.3, -0.25) is 9.79 Å². The van der Waals surface area contributed by atoms with Crippen molar-refractivity contribution in [2.75, 3.05) is 32.7 Å². The van der Waals surface area contributed by atoms with Crippen molar-refractivity contribution in [1.82, 2.24) is 15.1 Å². The number of unbranched alkanes of at least 4 members (excludes halogenated alkanes) is 1. The van der Waals surface area contributed by atoms with Crippen LogP contribution < -0.4 is 5.32 Å². The number of urea groups is 1. The predicted octanol–water partition coefficient (Wildman–Crippen LogP) is 3.91. The van der Waals surface area contributed by atoms with Gasteiger partial charge in [-0.25, -0.2) is 4.79 Å². The summed E-state index contributed by atoms with van der Waals surface area (Å²) < 4.78 is 39.3. The van der Waals surface area contributed by atoms with Crippen LogP contribution in [0.1, 0.15) is 55.7 Å². The Morgan fingerprint density at radius 2 is 2.03 bits per heavy atom. The molecule has 1 atom stereocenters. The van der Waals surface area contributed by atoms with Crippen LogP contribution in [0.5, 0.6) is 0 Å². The van der Waals surface area contributed by atoms with Crippen molar-refractivity contribution in [2.24, 2.45) is 4.99 Å². The highest BCUT2D eigenvalue weighted by atomic mass is 19.4. The number of carboxylic acid groups (broad SMARTS) is 1. The molecule has 176 valence electrons. The lowest BCUT2D eigenvalue weighted by molar-refractivity contribution is -0.138. The van der Waals surface area contributed by atoms with Crippen molar-refractivity contribution < 1.29 is 27.9 Å². The molecule has 0 radical (unpaired) electrons. The van der Waals surface area contributed by atoms with E-state index in [2.05, 4.69) is 10.3 Å². The number of nitrogens with one attached hydrogen (secondary N) is 1. The van der Waals surface area contributed by atoms with Crippen LogP contribution in [0.3, 0.4) is 0 Å². The number of nitrogens with zero attached hydrogens (tertiary/aromatic N) is 3. The van der Waals surface area contributed by atoms with Gasteiger partial charge in [0, 0.05) is 39.1 Å². The maximum atomic E-state index is 13.1. The SMILES string of the molecule is O=C(O)C[C@@H](c1cccc(C(F)(F)F)c1)N1CCN(CCCCNC2=NCCCC2)C1=O. The third-order valence-electron chi connectivity index (χ3n) is 5.78. The molecule has 10 heteroatoms. The quantitative estimate of drug-likeness (QED) is 0.554. The Hall–Kier alpha value is -2.78. The summed E-state index contributed by atoms with van der Waals surface area (Å²) in [4.78, 5) is 31.7. The van der Waals surface area contributed by atoms with E-state index in [1.807, 2.05) is 0 Å². The molecule has 2 aliphatic heterocycles. The largest absolute Gasteiger partial charge is 0.481 e. The molecule has 2 heterocycles. The number of amides is 2. The first-order chi connectivity index (χ1) is 15.3. The van der Waals surface area contributed by atoms with Gasteiger partial charge in [0.25, 0.3) is 0 Å². The molecule has 0 saturated carbocycles. The van der Waals surface area contributed by atoms with E-state index in [9.17, 15) is 27.9 Å². The van der Waals surface area contributed by atoms with Crippen LogP contribution in [-0.4, -0.2) is 65.5 Å². The summed E-state index contributed by atoms with van der Waals surface area (Å²) in [5.74, 6) is -0.132. The van der Waals surface area contributed by atoms with Crippen molar-refractivity contribution in [1.29, 1.82) is 0 Å². The molecule has 1 saturated heterocycles. The molecule has 3 rings (SSSR count). The number of carbonyl (C=O) groups is 2. The zero-order valence-electron chi connectivity index (χ0n) is 17.9. The van der Waals surface area contributed by atoms with Crippen molar-refractivity contribution in [2.45, 2.75) is 50.7 Å². The molecule has 0 aromatic heterocycles. The second kappa shape index (κ2) is 10.7. The zero-order valence-corrected chi connectivity index (χ0v) is 17.9. The summed E-state index contributed by atoms with van der Waals surface area (Å²) in [5.41, 5.74) is -0.682. The van der Waals surface area contributed by atoms with Gasteiger partial charge in [0.1, 0.15) is 0 Å². The summed E-state index contributed by atoms with van der Waals surface area (Å²) in [6.45, 7) is 2.86. The van der Waals surface area contributed by atoms with E-state index in [-0.39, 0.29) is 18.1 Å². The van der Waals surface area contributed by atoms with Crippen LogP contribution >= 0.6 is 0 Å². The van der Waals surface area contributed by atoms with Gasteiger partial charge in [0.2, 0.25) is 0 Å². The van der Waals surface area contributed by atoms with E-state index >= 15 is 0 Å². The average Bonchev–Trinajstić information content (AvgIpc) is 3.12. The Bertz CT molecular complexity index is 844. The zero-order chi connectivity index (χ0) is 23.1. The summed E-state index contributed by atoms with van der Waals surface area (Å²) >= 11 is 0. The van der Waals surface area contributed by atoms with Gasteiger partial charge in [-0.05, 0) is 43.4 Å². The van der Waals surface area contributed by atoms with Crippen LogP contribution in [0, 0.1) is 0 Å². The van der Waals surface area contributed by atoms with E-state index in [1.165, 1.54) is 17.0 Å². The molecule has 1 fully saturated rings. The fourth-order valence-corrected chi connectivity index (χ4v) is 4.10. The summed E-state index contributed by atoms with van der Waals surface area (Å²) in [5, 5.41) is 12.6. The lowest BCUT2D eigenvalue weighted by Gasteiger charge is -2.28. The molecular formula is C22H29F3N4O3. The van der Waals surface area contributed by atoms with Crippen molar-refractivity contribution in [3.8, 4) is 0 Å². The number of halogens is 3. The monoisotopic (exact) mass is 454 g/mol. The van der Waals surface area contributed by atoms with Gasteiger partial charge in [-0.2, -0.15) is 13.2 Å². The number of aliphatic carboxylic acids is 1. The number of carboxylic acids is 1. The Labute approximate surface area is 185 Å². The molecule has 2 amide bonds. The maximum absolute atomic E-state index is 13.1. The highest BCUT2D eigenvalue weighted by molar-refractivity contribution is 5.82. The lowest BCUT2D eigenvalue weighted by atomic mass is 10.00. The molecular weight excluding hydrogens is 425 g/mol. The topological polar surface area (TPSA) is 85.2 Å². The van der Waals surface area contributed by atoms with E-state index in [1.54, 1.807) is 4.90 Å². The van der Waals surface area contributed by atoms with E-state index in [0.717, 1.165) is 63.2 Å². The van der Waals surface area contributed by atoms with Gasteiger partial charge in [-0.1, -0.05) is 12.1 Å². The fourth-order valence-electron chi connectivity index (χ4n) is 4.10. The molecule has 2 aliphatic rings. The highest BCUT2D eigenvalue weighted by Crippen LogP contribution is 2.34. The van der Waals surface area contributed by atoms with Crippen LogP contribution in [-0.2, 0) is 11.0 Å². The minimum absolute atomic E-state index is 0.176. The normalized spacial score (nSPS) is 18.0. The number of benzene rings is 1. The van der Waals surface area contributed by atoms with Gasteiger partial charge in [0.05, 0.1) is 23.9 Å². The molecule has 1 aromatic carbocycles. The Morgan fingerprint density at radius 1 is 1.22 bits per heavy atom. The van der Waals surface area contributed by atoms with E-state index in [4.69, 9.17) is 0 Å². The third-order valence-corrected chi connectivity index (χ3v) is 5.78. The number of aliphatic imine (C=N–C) groups is 1. The molecule has 32 heavy (non-hydrogen) atoms.